The molecule has 3 nitrogen and oxygen atoms in total. The van der Waals surface area contributed by atoms with Crippen LogP contribution in [0.15, 0.2) is 0 Å². The number of hydrogen-bond donors (Lipinski definition) is 0. The van der Waals surface area contributed by atoms with Crippen LogP contribution in [0.5, 0.6) is 0 Å². The molecule has 0 rings (SSSR count). The third-order valence-electron chi connectivity index (χ3n) is 3.55. The van der Waals surface area contributed by atoms with E-state index in [4.69, 9.17) is 0 Å². The van der Waals surface area contributed by atoms with E-state index in [0.717, 1.165) is 0 Å². The summed E-state index contributed by atoms with van der Waals surface area (Å²) in [6.07, 6.45) is -13.6. The minimum Gasteiger partial charge on any atom is -0.743 e. The molecule has 1 unspecified atom stereocenters. The predicted molar refractivity (Wildman–Crippen MR) is 68.1 cm³/mol. The molecule has 0 amide bonds. The van der Waals surface area contributed by atoms with E-state index in [1.54, 1.807) is 0 Å². The van der Waals surface area contributed by atoms with E-state index in [1.165, 1.54) is 0 Å². The summed E-state index contributed by atoms with van der Waals surface area (Å²) >= 11 is 0. The lowest BCUT2D eigenvalue weighted by molar-refractivity contribution is -0.359. The van der Waals surface area contributed by atoms with Gasteiger partial charge in [-0.25, -0.2) is 12.8 Å². The Morgan fingerprint density at radius 1 is 0.714 bits per heavy atom. The average molecular weight is 465 g/mol. The number of unbranched alkanes of at least 4 members (excludes halogenated alkanes) is 3. The highest BCUT2D eigenvalue weighted by Crippen LogP contribution is 2.55. The zero-order chi connectivity index (χ0) is 22.8. The van der Waals surface area contributed by atoms with Crippen LogP contribution < -0.4 is 0 Å². The van der Waals surface area contributed by atoms with Crippen molar-refractivity contribution in [2.45, 2.75) is 73.9 Å². The van der Waals surface area contributed by atoms with Gasteiger partial charge in [-0.1, -0.05) is 19.3 Å². The van der Waals surface area contributed by atoms with Crippen LogP contribution in [0.25, 0.3) is 0 Å². The van der Waals surface area contributed by atoms with Crippen LogP contribution in [0.2, 0.25) is 0 Å². The van der Waals surface area contributed by atoms with Gasteiger partial charge in [0, 0.05) is 6.42 Å². The van der Waals surface area contributed by atoms with Gasteiger partial charge in [-0.05, 0) is 12.8 Å². The molecule has 28 heavy (non-hydrogen) atoms. The third kappa shape index (κ3) is 5.57. The summed E-state index contributed by atoms with van der Waals surface area (Å²) in [6.45, 7) is 0. The summed E-state index contributed by atoms with van der Waals surface area (Å²) < 4.78 is 184. The molecule has 0 aromatic heterocycles. The number of hydrogen-bond acceptors (Lipinski definition) is 3. The van der Waals surface area contributed by atoms with Crippen molar-refractivity contribution >= 4 is 10.1 Å². The maximum Gasteiger partial charge on any atom is 0.402 e. The second-order valence-electron chi connectivity index (χ2n) is 5.78. The molecule has 0 heterocycles. The fourth-order valence-electron chi connectivity index (χ4n) is 1.93. The Kier molecular flexibility index (Phi) is 8.16. The smallest absolute Gasteiger partial charge is 0.402 e. The van der Waals surface area contributed by atoms with Gasteiger partial charge in [0.25, 0.3) is 0 Å². The van der Waals surface area contributed by atoms with E-state index in [2.05, 4.69) is 0 Å². The Morgan fingerprint density at radius 3 is 1.54 bits per heavy atom. The van der Waals surface area contributed by atoms with Crippen LogP contribution >= 0.6 is 0 Å². The highest BCUT2D eigenvalue weighted by Gasteiger charge is 2.84. The highest BCUT2D eigenvalue weighted by atomic mass is 32.2. The molecule has 0 aromatic rings. The van der Waals surface area contributed by atoms with E-state index in [9.17, 15) is 65.7 Å². The molecule has 0 aliphatic carbocycles. The first-order chi connectivity index (χ1) is 12.1. The molecule has 0 bridgehead atoms. The Balaban J connectivity index is 5.14. The summed E-state index contributed by atoms with van der Waals surface area (Å²) in [5.74, 6) is -21.3. The molecule has 0 fully saturated rings. The van der Waals surface area contributed by atoms with Gasteiger partial charge in [-0.2, -0.15) is 48.3 Å². The molecule has 16 heteroatoms. The molecule has 0 saturated carbocycles. The summed E-state index contributed by atoms with van der Waals surface area (Å²) in [5, 5.41) is -7.18. The molecule has 1 atom stereocenters. The normalized spacial score (nSPS) is 16.3. The topological polar surface area (TPSA) is 57.2 Å². The maximum absolute atomic E-state index is 13.4. The zero-order valence-corrected chi connectivity index (χ0v) is 14.3. The van der Waals surface area contributed by atoms with Crippen LogP contribution in [-0.4, -0.2) is 48.3 Å². The molecule has 0 aromatic carbocycles. The minimum absolute atomic E-state index is 0.309. The molecule has 0 N–H and O–H groups in total. The van der Waals surface area contributed by atoms with Gasteiger partial charge in [0.15, 0.2) is 16.3 Å². The van der Waals surface area contributed by atoms with Gasteiger partial charge in [-0.15, -0.1) is 0 Å². The summed E-state index contributed by atoms with van der Waals surface area (Å²) in [7, 11) is -7.53. The van der Waals surface area contributed by atoms with Gasteiger partial charge in [-0.3, -0.25) is 0 Å². The summed E-state index contributed by atoms with van der Waals surface area (Å²) in [5.41, 5.74) is 0. The molecular weight excluding hydrogens is 452 g/mol. The second kappa shape index (κ2) is 8.44. The lowest BCUT2D eigenvalue weighted by Crippen LogP contribution is -2.66. The predicted octanol–water partition coefficient (Wildman–Crippen LogP) is 5.27. The average Bonchev–Trinajstić information content (AvgIpc) is 2.47. The van der Waals surface area contributed by atoms with Gasteiger partial charge >= 0.3 is 29.2 Å². The van der Waals surface area contributed by atoms with Crippen molar-refractivity contribution in [1.82, 2.24) is 0 Å². The molecule has 0 spiro atoms. The molecule has 0 saturated heterocycles. The van der Waals surface area contributed by atoms with Gasteiger partial charge in [0.1, 0.15) is 0 Å². The first-order valence-electron chi connectivity index (χ1n) is 7.30. The lowest BCUT2D eigenvalue weighted by atomic mass is 9.96. The highest BCUT2D eigenvalue weighted by molar-refractivity contribution is 7.86. The minimum atomic E-state index is -7.53. The standard InChI is InChI=1S/C12H14F12O3S/c13-7(5-3-1-2-4-6-8(14,15)16)9(17,18)10(19,20)11(21,22)12(23,24)28(25,26)27/h7H,1-6H2,(H,25,26,27)/p-1. The van der Waals surface area contributed by atoms with Crippen LogP contribution in [-0.2, 0) is 10.1 Å². The van der Waals surface area contributed by atoms with Gasteiger partial charge in [0.2, 0.25) is 0 Å². The molecule has 0 aliphatic heterocycles. The molecule has 170 valence electrons. The first-order valence-corrected chi connectivity index (χ1v) is 8.71. The van der Waals surface area contributed by atoms with Crippen molar-refractivity contribution < 1.29 is 65.7 Å². The van der Waals surface area contributed by atoms with Crippen molar-refractivity contribution in [3.63, 3.8) is 0 Å². The number of rotatable bonds is 11. The molecular formula is C12H13F12O3S-. The fourth-order valence-corrected chi connectivity index (χ4v) is 2.37. The maximum atomic E-state index is 13.4. The van der Waals surface area contributed by atoms with Crippen LogP contribution in [0.4, 0.5) is 52.7 Å². The quantitative estimate of drug-likeness (QED) is 0.237. The van der Waals surface area contributed by atoms with Gasteiger partial charge < -0.3 is 4.55 Å². The van der Waals surface area contributed by atoms with Crippen molar-refractivity contribution in [2.75, 3.05) is 0 Å². The van der Waals surface area contributed by atoms with E-state index >= 15 is 0 Å². The van der Waals surface area contributed by atoms with Crippen molar-refractivity contribution in [3.8, 4) is 0 Å². The lowest BCUT2D eigenvalue weighted by Gasteiger charge is -2.38. The Hall–Kier alpha value is -0.930. The Bertz CT molecular complexity index is 614. The zero-order valence-electron chi connectivity index (χ0n) is 13.5. The van der Waals surface area contributed by atoms with Crippen LogP contribution in [0.3, 0.4) is 0 Å². The second-order valence-corrected chi connectivity index (χ2v) is 7.20. The number of alkyl halides is 12. The fraction of sp³-hybridized carbons (Fsp3) is 1.00. The molecule has 0 aliphatic rings. The van der Waals surface area contributed by atoms with E-state index in [-0.39, 0.29) is 6.42 Å². The molecule has 0 radical (unpaired) electrons. The first kappa shape index (κ1) is 27.1. The van der Waals surface area contributed by atoms with E-state index in [0.29, 0.717) is 0 Å². The SMILES string of the molecule is O=S(=O)([O-])C(F)(F)C(F)(F)C(F)(F)C(F)(F)C(F)CCCCCCC(F)(F)F. The van der Waals surface area contributed by atoms with Crippen molar-refractivity contribution in [1.29, 1.82) is 0 Å². The third-order valence-corrected chi connectivity index (χ3v) is 4.44. The Labute approximate surface area is 150 Å². The van der Waals surface area contributed by atoms with Crippen molar-refractivity contribution in [2.24, 2.45) is 0 Å². The summed E-state index contributed by atoms with van der Waals surface area (Å²) in [6, 6.07) is 0. The monoisotopic (exact) mass is 465 g/mol. The largest absolute Gasteiger partial charge is 0.743 e. The van der Waals surface area contributed by atoms with E-state index < -0.39 is 77.6 Å². The van der Waals surface area contributed by atoms with Crippen molar-refractivity contribution in [3.05, 3.63) is 0 Å². The van der Waals surface area contributed by atoms with E-state index in [1.807, 2.05) is 0 Å². The summed E-state index contributed by atoms with van der Waals surface area (Å²) in [4.78, 5) is 0. The Morgan fingerprint density at radius 2 is 1.14 bits per heavy atom. The van der Waals surface area contributed by atoms with Crippen LogP contribution in [0, 0.1) is 0 Å². The number of halogens is 12. The van der Waals surface area contributed by atoms with Crippen LogP contribution in [0.1, 0.15) is 38.5 Å². The van der Waals surface area contributed by atoms with Gasteiger partial charge in [0.05, 0.1) is 0 Å².